The first-order chi connectivity index (χ1) is 6.06. The smallest absolute Gasteiger partial charge is 0.141 e. The first-order valence-corrected chi connectivity index (χ1v) is 5.33. The lowest BCUT2D eigenvalue weighted by Crippen LogP contribution is -2.18. The molecule has 1 aromatic heterocycles. The predicted molar refractivity (Wildman–Crippen MR) is 53.2 cm³/mol. The number of aryl methyl sites for hydroxylation is 2. The maximum absolute atomic E-state index is 11.5. The zero-order valence-electron chi connectivity index (χ0n) is 8.18. The number of rotatable bonds is 2. The highest BCUT2D eigenvalue weighted by molar-refractivity contribution is 7.11. The quantitative estimate of drug-likeness (QED) is 0.725. The molecule has 1 fully saturated rings. The molecule has 1 heterocycles. The highest BCUT2D eigenvalue weighted by Gasteiger charge is 2.51. The van der Waals surface area contributed by atoms with Crippen molar-refractivity contribution in [2.75, 3.05) is 0 Å². The molecule has 0 bridgehead atoms. The summed E-state index contributed by atoms with van der Waals surface area (Å²) in [5.41, 5.74) is 0.858. The van der Waals surface area contributed by atoms with Gasteiger partial charge in [0.25, 0.3) is 0 Å². The topological polar surface area (TPSA) is 30.0 Å². The minimum Gasteiger partial charge on any atom is -0.299 e. The Bertz CT molecular complexity index is 363. The third kappa shape index (κ3) is 1.22. The van der Waals surface area contributed by atoms with Gasteiger partial charge in [-0.15, -0.1) is 11.3 Å². The fraction of sp³-hybridized carbons (Fsp3) is 0.600. The van der Waals surface area contributed by atoms with Crippen molar-refractivity contribution in [3.63, 3.8) is 0 Å². The Morgan fingerprint density at radius 2 is 2.08 bits per heavy atom. The number of hydrogen-bond acceptors (Lipinski definition) is 3. The van der Waals surface area contributed by atoms with Crippen LogP contribution >= 0.6 is 11.3 Å². The van der Waals surface area contributed by atoms with Crippen molar-refractivity contribution in [1.29, 1.82) is 0 Å². The summed E-state index contributed by atoms with van der Waals surface area (Å²) in [4.78, 5) is 17.1. The highest BCUT2D eigenvalue weighted by atomic mass is 32.1. The molecule has 0 spiro atoms. The van der Waals surface area contributed by atoms with Crippen molar-refractivity contribution in [2.45, 2.75) is 39.0 Å². The van der Waals surface area contributed by atoms with E-state index in [1.165, 1.54) is 4.88 Å². The molecule has 0 atom stereocenters. The Labute approximate surface area is 82.0 Å². The SMILES string of the molecule is CC(=O)C1(c2nc(C)sc2C)CC1. The summed E-state index contributed by atoms with van der Waals surface area (Å²) in [5, 5.41) is 1.07. The fourth-order valence-corrected chi connectivity index (χ4v) is 2.77. The second kappa shape index (κ2) is 2.64. The number of nitrogens with zero attached hydrogens (tertiary/aromatic N) is 1. The molecule has 13 heavy (non-hydrogen) atoms. The highest BCUT2D eigenvalue weighted by Crippen LogP contribution is 2.50. The van der Waals surface area contributed by atoms with E-state index < -0.39 is 0 Å². The van der Waals surface area contributed by atoms with Gasteiger partial charge in [-0.1, -0.05) is 0 Å². The molecule has 2 nitrogen and oxygen atoms in total. The molecule has 1 aliphatic carbocycles. The Morgan fingerprint density at radius 1 is 1.46 bits per heavy atom. The van der Waals surface area contributed by atoms with Gasteiger partial charge in [-0.2, -0.15) is 0 Å². The van der Waals surface area contributed by atoms with Crippen molar-refractivity contribution < 1.29 is 4.79 Å². The summed E-state index contributed by atoms with van der Waals surface area (Å²) in [6, 6.07) is 0. The number of Topliss-reactive ketones (excluding diaryl/α,β-unsaturated/α-hetero) is 1. The third-order valence-electron chi connectivity index (χ3n) is 2.78. The summed E-state index contributed by atoms with van der Waals surface area (Å²) >= 11 is 1.69. The normalized spacial score (nSPS) is 18.7. The minimum atomic E-state index is -0.186. The molecule has 0 radical (unpaired) electrons. The summed E-state index contributed by atoms with van der Waals surface area (Å²) in [6.45, 7) is 5.74. The second-order valence-electron chi connectivity index (χ2n) is 3.78. The molecule has 1 aliphatic rings. The van der Waals surface area contributed by atoms with E-state index in [4.69, 9.17) is 0 Å². The van der Waals surface area contributed by atoms with Crippen molar-refractivity contribution in [3.05, 3.63) is 15.6 Å². The van der Waals surface area contributed by atoms with E-state index >= 15 is 0 Å². The largest absolute Gasteiger partial charge is 0.299 e. The van der Waals surface area contributed by atoms with Crippen LogP contribution < -0.4 is 0 Å². The summed E-state index contributed by atoms with van der Waals surface area (Å²) < 4.78 is 0. The van der Waals surface area contributed by atoms with E-state index in [2.05, 4.69) is 11.9 Å². The molecule has 3 heteroatoms. The number of carbonyl (C=O) groups excluding carboxylic acids is 1. The van der Waals surface area contributed by atoms with E-state index in [9.17, 15) is 4.79 Å². The van der Waals surface area contributed by atoms with Gasteiger partial charge < -0.3 is 0 Å². The van der Waals surface area contributed by atoms with Gasteiger partial charge in [0, 0.05) is 4.88 Å². The fourth-order valence-electron chi connectivity index (χ4n) is 1.85. The standard InChI is InChI=1S/C10H13NOS/c1-6-9(11-8(3)13-6)10(4-5-10)7(2)12/h4-5H2,1-3H3. The van der Waals surface area contributed by atoms with Gasteiger partial charge in [0.2, 0.25) is 0 Å². The molecule has 0 aliphatic heterocycles. The van der Waals surface area contributed by atoms with E-state index in [1.807, 2.05) is 6.92 Å². The van der Waals surface area contributed by atoms with Gasteiger partial charge in [-0.05, 0) is 33.6 Å². The third-order valence-corrected chi connectivity index (χ3v) is 3.67. The molecule has 2 rings (SSSR count). The Hall–Kier alpha value is -0.700. The van der Waals surface area contributed by atoms with Crippen LogP contribution in [-0.4, -0.2) is 10.8 Å². The Morgan fingerprint density at radius 3 is 2.38 bits per heavy atom. The lowest BCUT2D eigenvalue weighted by atomic mass is 9.97. The van der Waals surface area contributed by atoms with Crippen molar-refractivity contribution in [2.24, 2.45) is 0 Å². The van der Waals surface area contributed by atoms with Crippen molar-refractivity contribution in [3.8, 4) is 0 Å². The molecule has 1 saturated carbocycles. The first-order valence-electron chi connectivity index (χ1n) is 4.52. The molecule has 0 N–H and O–H groups in total. The van der Waals surface area contributed by atoms with Crippen LogP contribution in [0, 0.1) is 13.8 Å². The zero-order chi connectivity index (χ0) is 9.64. The molecule has 0 unspecified atom stereocenters. The molecular weight excluding hydrogens is 182 g/mol. The van der Waals surface area contributed by atoms with Gasteiger partial charge in [-0.25, -0.2) is 4.98 Å². The Balaban J connectivity index is 2.46. The summed E-state index contributed by atoms with van der Waals surface area (Å²) in [5.74, 6) is 0.279. The number of carbonyl (C=O) groups is 1. The number of ketones is 1. The maximum atomic E-state index is 11.5. The zero-order valence-corrected chi connectivity index (χ0v) is 8.99. The molecule has 0 aromatic carbocycles. The van der Waals surface area contributed by atoms with Crippen molar-refractivity contribution in [1.82, 2.24) is 4.98 Å². The number of hydrogen-bond donors (Lipinski definition) is 0. The van der Waals surface area contributed by atoms with E-state index in [1.54, 1.807) is 18.3 Å². The molecule has 0 saturated heterocycles. The van der Waals surface area contributed by atoms with Crippen LogP contribution in [-0.2, 0) is 10.2 Å². The van der Waals surface area contributed by atoms with Crippen LogP contribution in [0.1, 0.15) is 35.3 Å². The van der Waals surface area contributed by atoms with Gasteiger partial charge >= 0.3 is 0 Å². The van der Waals surface area contributed by atoms with Crippen LogP contribution in [0.25, 0.3) is 0 Å². The van der Waals surface area contributed by atoms with E-state index in [0.29, 0.717) is 0 Å². The van der Waals surface area contributed by atoms with Crippen LogP contribution in [0.4, 0.5) is 0 Å². The molecule has 1 aromatic rings. The van der Waals surface area contributed by atoms with E-state index in [0.717, 1.165) is 23.5 Å². The van der Waals surface area contributed by atoms with Gasteiger partial charge in [0.05, 0.1) is 16.1 Å². The van der Waals surface area contributed by atoms with Crippen LogP contribution in [0.5, 0.6) is 0 Å². The summed E-state index contributed by atoms with van der Waals surface area (Å²) in [7, 11) is 0. The van der Waals surface area contributed by atoms with Gasteiger partial charge in [0.1, 0.15) is 5.78 Å². The number of thiazole rings is 1. The van der Waals surface area contributed by atoms with Crippen molar-refractivity contribution >= 4 is 17.1 Å². The molecular formula is C10H13NOS. The monoisotopic (exact) mass is 195 g/mol. The lowest BCUT2D eigenvalue weighted by Gasteiger charge is -2.08. The predicted octanol–water partition coefficient (Wildman–Crippen LogP) is 2.38. The van der Waals surface area contributed by atoms with Gasteiger partial charge in [-0.3, -0.25) is 4.79 Å². The van der Waals surface area contributed by atoms with Crippen LogP contribution in [0.2, 0.25) is 0 Å². The Kier molecular flexibility index (Phi) is 1.80. The van der Waals surface area contributed by atoms with E-state index in [-0.39, 0.29) is 11.2 Å². The number of aromatic nitrogens is 1. The lowest BCUT2D eigenvalue weighted by molar-refractivity contribution is -0.119. The van der Waals surface area contributed by atoms with Crippen LogP contribution in [0.15, 0.2) is 0 Å². The second-order valence-corrected chi connectivity index (χ2v) is 5.18. The maximum Gasteiger partial charge on any atom is 0.141 e. The molecule has 70 valence electrons. The first kappa shape index (κ1) is 8.88. The van der Waals surface area contributed by atoms with Crippen LogP contribution in [0.3, 0.4) is 0 Å². The van der Waals surface area contributed by atoms with Gasteiger partial charge in [0.15, 0.2) is 0 Å². The minimum absolute atomic E-state index is 0.186. The average Bonchev–Trinajstić information content (AvgIpc) is 2.75. The average molecular weight is 195 g/mol. The summed E-state index contributed by atoms with van der Waals surface area (Å²) in [6.07, 6.45) is 1.98. The molecule has 0 amide bonds.